The zero-order chi connectivity index (χ0) is 23.0. The lowest BCUT2D eigenvalue weighted by Crippen LogP contribution is -2.14. The fourth-order valence-electron chi connectivity index (χ4n) is 3.05. The number of sulfonamides is 1. The second kappa shape index (κ2) is 8.96. The highest BCUT2D eigenvalue weighted by molar-refractivity contribution is 7.92. The van der Waals surface area contributed by atoms with Gasteiger partial charge < -0.3 is 4.74 Å². The number of anilines is 1. The predicted molar refractivity (Wildman–Crippen MR) is 130 cm³/mol. The quantitative estimate of drug-likeness (QED) is 0.288. The summed E-state index contributed by atoms with van der Waals surface area (Å²) in [6.07, 6.45) is 1.55. The molecule has 1 heterocycles. The zero-order valence-electron chi connectivity index (χ0n) is 16.4. The van der Waals surface area contributed by atoms with E-state index < -0.39 is 10.0 Å². The van der Waals surface area contributed by atoms with Gasteiger partial charge in [-0.15, -0.1) is 0 Å². The number of pyridine rings is 1. The van der Waals surface area contributed by atoms with E-state index in [2.05, 4.69) is 9.71 Å². The van der Waals surface area contributed by atoms with Crippen LogP contribution in [0.15, 0.2) is 65.7 Å². The Balaban J connectivity index is 1.64. The van der Waals surface area contributed by atoms with Crippen molar-refractivity contribution < 1.29 is 13.2 Å². The molecule has 5 nitrogen and oxygen atoms in total. The van der Waals surface area contributed by atoms with Crippen LogP contribution in [0.3, 0.4) is 0 Å². The second-order valence-electron chi connectivity index (χ2n) is 6.85. The van der Waals surface area contributed by atoms with E-state index in [1.54, 1.807) is 19.2 Å². The maximum Gasteiger partial charge on any atom is 0.262 e. The minimum Gasteiger partial charge on any atom is -0.453 e. The number of benzene rings is 3. The lowest BCUT2D eigenvalue weighted by Gasteiger charge is -2.15. The molecule has 4 rings (SSSR count). The lowest BCUT2D eigenvalue weighted by atomic mass is 10.2. The van der Waals surface area contributed by atoms with Crippen LogP contribution in [0, 0.1) is 6.92 Å². The molecule has 0 amide bonds. The van der Waals surface area contributed by atoms with Crippen molar-refractivity contribution in [1.29, 1.82) is 0 Å². The van der Waals surface area contributed by atoms with E-state index in [0.717, 1.165) is 10.9 Å². The summed E-state index contributed by atoms with van der Waals surface area (Å²) in [6.45, 7) is 1.59. The highest BCUT2D eigenvalue weighted by Crippen LogP contribution is 2.40. The van der Waals surface area contributed by atoms with Crippen molar-refractivity contribution in [3.63, 3.8) is 0 Å². The van der Waals surface area contributed by atoms with Crippen LogP contribution in [-0.4, -0.2) is 13.4 Å². The summed E-state index contributed by atoms with van der Waals surface area (Å²) < 4.78 is 34.1. The Kier molecular flexibility index (Phi) is 6.43. The van der Waals surface area contributed by atoms with Crippen LogP contribution in [0.25, 0.3) is 10.9 Å². The number of para-hydroxylation sites is 1. The topological polar surface area (TPSA) is 68.3 Å². The average molecular weight is 528 g/mol. The van der Waals surface area contributed by atoms with Crippen molar-refractivity contribution in [2.24, 2.45) is 0 Å². The second-order valence-corrected chi connectivity index (χ2v) is 10.2. The minimum absolute atomic E-state index is 0.0511. The van der Waals surface area contributed by atoms with Gasteiger partial charge in [-0.1, -0.05) is 64.6 Å². The zero-order valence-corrected chi connectivity index (χ0v) is 20.2. The molecule has 1 N–H and O–H groups in total. The van der Waals surface area contributed by atoms with Gasteiger partial charge in [-0.05, 0) is 48.9 Å². The van der Waals surface area contributed by atoms with Gasteiger partial charge in [-0.2, -0.15) is 0 Å². The van der Waals surface area contributed by atoms with Gasteiger partial charge in [0.1, 0.15) is 5.75 Å². The first-order valence-corrected chi connectivity index (χ1v) is 12.1. The molecule has 0 saturated carbocycles. The number of hydrogen-bond donors (Lipinski definition) is 1. The van der Waals surface area contributed by atoms with Crippen LogP contribution in [0.1, 0.15) is 5.56 Å². The minimum atomic E-state index is -4.01. The Morgan fingerprint density at radius 2 is 1.59 bits per heavy atom. The average Bonchev–Trinajstić information content (AvgIpc) is 2.73. The maximum atomic E-state index is 12.9. The monoisotopic (exact) mass is 526 g/mol. The molecule has 4 aromatic rings. The van der Waals surface area contributed by atoms with Crippen LogP contribution in [0.5, 0.6) is 11.5 Å². The predicted octanol–water partition coefficient (Wildman–Crippen LogP) is 7.75. The van der Waals surface area contributed by atoms with Crippen LogP contribution in [0.2, 0.25) is 20.1 Å². The van der Waals surface area contributed by atoms with E-state index in [9.17, 15) is 8.42 Å². The molecular weight excluding hydrogens is 514 g/mol. The molecule has 0 unspecified atom stereocenters. The fraction of sp³-hybridized carbons (Fsp3) is 0.0455. The van der Waals surface area contributed by atoms with Crippen molar-refractivity contribution in [1.82, 2.24) is 4.98 Å². The summed E-state index contributed by atoms with van der Waals surface area (Å²) in [5.74, 6) is 0.611. The third-order valence-electron chi connectivity index (χ3n) is 4.59. The smallest absolute Gasteiger partial charge is 0.262 e. The van der Waals surface area contributed by atoms with Crippen molar-refractivity contribution in [2.45, 2.75) is 11.8 Å². The molecule has 0 radical (unpaired) electrons. The number of rotatable bonds is 5. The van der Waals surface area contributed by atoms with Gasteiger partial charge >= 0.3 is 0 Å². The number of fused-ring (bicyclic) bond motifs is 1. The summed E-state index contributed by atoms with van der Waals surface area (Å²) in [6, 6.07) is 15.0. The molecule has 164 valence electrons. The molecule has 0 saturated heterocycles. The SMILES string of the molecule is Cc1c(Cl)cc(Cl)cc1S(=O)(=O)Nc1cc(Cl)c(Oc2cnc3ccccc3c2)c(Cl)c1. The van der Waals surface area contributed by atoms with Crippen LogP contribution >= 0.6 is 46.4 Å². The molecule has 0 aliphatic heterocycles. The molecule has 32 heavy (non-hydrogen) atoms. The number of nitrogens with zero attached hydrogens (tertiary/aromatic N) is 1. The third-order valence-corrected chi connectivity index (χ3v) is 7.27. The Hall–Kier alpha value is -2.22. The fourth-order valence-corrected chi connectivity index (χ4v) is 5.56. The highest BCUT2D eigenvalue weighted by atomic mass is 35.5. The largest absolute Gasteiger partial charge is 0.453 e. The number of ether oxygens (including phenoxy) is 1. The van der Waals surface area contributed by atoms with Gasteiger partial charge in [0.2, 0.25) is 0 Å². The Morgan fingerprint density at radius 1 is 0.906 bits per heavy atom. The summed E-state index contributed by atoms with van der Waals surface area (Å²) >= 11 is 24.8. The van der Waals surface area contributed by atoms with E-state index in [-0.39, 0.29) is 36.4 Å². The van der Waals surface area contributed by atoms with Crippen molar-refractivity contribution in [3.8, 4) is 11.5 Å². The highest BCUT2D eigenvalue weighted by Gasteiger charge is 2.21. The summed E-state index contributed by atoms with van der Waals surface area (Å²) in [5.41, 5.74) is 1.34. The summed E-state index contributed by atoms with van der Waals surface area (Å²) in [4.78, 5) is 4.28. The normalized spacial score (nSPS) is 11.5. The maximum absolute atomic E-state index is 12.9. The van der Waals surface area contributed by atoms with Gasteiger partial charge in [0.25, 0.3) is 10.0 Å². The van der Waals surface area contributed by atoms with Gasteiger partial charge in [-0.3, -0.25) is 9.71 Å². The Morgan fingerprint density at radius 3 is 2.31 bits per heavy atom. The van der Waals surface area contributed by atoms with E-state index in [1.807, 2.05) is 24.3 Å². The lowest BCUT2D eigenvalue weighted by molar-refractivity contribution is 0.482. The standard InChI is InChI=1S/C22H14Cl4N2O3S/c1-12-17(24)7-14(23)8-21(12)32(29,30)28-15-9-18(25)22(19(26)10-15)31-16-6-13-4-2-3-5-20(13)27-11-16/h2-11,28H,1H3. The molecule has 0 bridgehead atoms. The van der Waals surface area contributed by atoms with Gasteiger partial charge in [0.05, 0.1) is 32.3 Å². The molecular formula is C22H14Cl4N2O3S. The van der Waals surface area contributed by atoms with Crippen molar-refractivity contribution >= 4 is 73.0 Å². The molecule has 0 spiro atoms. The van der Waals surface area contributed by atoms with E-state index in [4.69, 9.17) is 51.1 Å². The van der Waals surface area contributed by atoms with Gasteiger partial charge in [-0.25, -0.2) is 8.42 Å². The first-order chi connectivity index (χ1) is 15.1. The number of nitrogens with one attached hydrogen (secondary N) is 1. The van der Waals surface area contributed by atoms with Crippen LogP contribution in [-0.2, 0) is 10.0 Å². The Labute approximate surface area is 204 Å². The number of aromatic nitrogens is 1. The van der Waals surface area contributed by atoms with Gasteiger partial charge in [0, 0.05) is 15.4 Å². The van der Waals surface area contributed by atoms with Gasteiger partial charge in [0.15, 0.2) is 5.75 Å². The third kappa shape index (κ3) is 4.75. The van der Waals surface area contributed by atoms with E-state index in [0.29, 0.717) is 11.3 Å². The van der Waals surface area contributed by atoms with Crippen molar-refractivity contribution in [3.05, 3.63) is 86.4 Å². The van der Waals surface area contributed by atoms with E-state index >= 15 is 0 Å². The molecule has 0 aliphatic carbocycles. The van der Waals surface area contributed by atoms with E-state index in [1.165, 1.54) is 24.3 Å². The molecule has 1 aromatic heterocycles. The summed E-state index contributed by atoms with van der Waals surface area (Å²) in [5, 5.41) is 1.55. The molecule has 0 aliphatic rings. The van der Waals surface area contributed by atoms with Crippen LogP contribution < -0.4 is 9.46 Å². The Bertz CT molecular complexity index is 1440. The summed E-state index contributed by atoms with van der Waals surface area (Å²) in [7, 11) is -4.01. The molecule has 0 fully saturated rings. The van der Waals surface area contributed by atoms with Crippen molar-refractivity contribution in [2.75, 3.05) is 4.72 Å². The number of hydrogen-bond acceptors (Lipinski definition) is 4. The number of halogens is 4. The first kappa shape index (κ1) is 23.0. The van der Waals surface area contributed by atoms with Crippen LogP contribution in [0.4, 0.5) is 5.69 Å². The molecule has 0 atom stereocenters. The molecule has 3 aromatic carbocycles. The molecule has 10 heteroatoms. The first-order valence-electron chi connectivity index (χ1n) is 9.14.